The van der Waals surface area contributed by atoms with Gasteiger partial charge in [-0.2, -0.15) is 0 Å². The Bertz CT molecular complexity index is 1210. The van der Waals surface area contributed by atoms with E-state index in [1.165, 1.54) is 0 Å². The summed E-state index contributed by atoms with van der Waals surface area (Å²) in [7, 11) is 3.65. The highest BCUT2D eigenvalue weighted by Gasteiger charge is 2.28. The summed E-state index contributed by atoms with van der Waals surface area (Å²) < 4.78 is 13.1. The molecule has 2 aliphatic rings. The van der Waals surface area contributed by atoms with Gasteiger partial charge in [0, 0.05) is 54.3 Å². The molecule has 0 unspecified atom stereocenters. The van der Waals surface area contributed by atoms with E-state index in [-0.39, 0.29) is 0 Å². The second kappa shape index (κ2) is 10.7. The molecule has 2 N–H and O–H groups in total. The molecule has 5 rings (SSSR count). The summed E-state index contributed by atoms with van der Waals surface area (Å²) in [5.74, 6) is -0.0752. The SMILES string of the molecule is CNC(C)(C)C.COc1cc2c(cc1N1CCOCC1)-c1c(-c3cccnc3)cc(C(=O)O)n1CC2. The number of anilines is 1. The van der Waals surface area contributed by atoms with Crippen LogP contribution in [-0.2, 0) is 17.7 Å². The highest BCUT2D eigenvalue weighted by atomic mass is 16.5. The zero-order valence-corrected chi connectivity index (χ0v) is 21.8. The number of aryl methyl sites for hydroxylation is 1. The van der Waals surface area contributed by atoms with Gasteiger partial charge in [0.1, 0.15) is 11.4 Å². The summed E-state index contributed by atoms with van der Waals surface area (Å²) >= 11 is 0. The lowest BCUT2D eigenvalue weighted by Gasteiger charge is -2.32. The fourth-order valence-corrected chi connectivity index (χ4v) is 4.48. The van der Waals surface area contributed by atoms with E-state index in [9.17, 15) is 9.90 Å². The zero-order chi connectivity index (χ0) is 25.9. The van der Waals surface area contributed by atoms with Crippen LogP contribution in [0.2, 0.25) is 0 Å². The Morgan fingerprint density at radius 2 is 1.86 bits per heavy atom. The van der Waals surface area contributed by atoms with Crippen LogP contribution >= 0.6 is 0 Å². The van der Waals surface area contributed by atoms with E-state index in [4.69, 9.17) is 9.47 Å². The molecule has 0 amide bonds. The van der Waals surface area contributed by atoms with Gasteiger partial charge in [0.05, 0.1) is 31.7 Å². The van der Waals surface area contributed by atoms with Crippen LogP contribution in [0.4, 0.5) is 5.69 Å². The number of carboxylic acids is 1. The van der Waals surface area contributed by atoms with Crippen LogP contribution in [0.3, 0.4) is 0 Å². The Morgan fingerprint density at radius 1 is 1.14 bits per heavy atom. The van der Waals surface area contributed by atoms with Crippen LogP contribution in [0, 0.1) is 0 Å². The second-order valence-corrected chi connectivity index (χ2v) is 10.0. The van der Waals surface area contributed by atoms with Crippen LogP contribution in [0.15, 0.2) is 42.7 Å². The molecule has 1 aromatic carbocycles. The number of pyridine rings is 1. The average Bonchev–Trinajstić information content (AvgIpc) is 3.29. The summed E-state index contributed by atoms with van der Waals surface area (Å²) in [5.41, 5.74) is 6.55. The number of carbonyl (C=O) groups is 1. The minimum absolute atomic E-state index is 0.292. The maximum absolute atomic E-state index is 12.0. The number of morpholine rings is 1. The molecule has 0 spiro atoms. The summed E-state index contributed by atoms with van der Waals surface area (Å²) in [6.45, 7) is 9.97. The van der Waals surface area contributed by atoms with Crippen molar-refractivity contribution in [3.63, 3.8) is 0 Å². The summed E-state index contributed by atoms with van der Waals surface area (Å²) in [6, 6.07) is 9.86. The van der Waals surface area contributed by atoms with Crippen molar-refractivity contribution in [1.82, 2.24) is 14.9 Å². The lowest BCUT2D eigenvalue weighted by molar-refractivity contribution is 0.0685. The van der Waals surface area contributed by atoms with E-state index < -0.39 is 5.97 Å². The first-order valence-corrected chi connectivity index (χ1v) is 12.3. The molecule has 3 aromatic rings. The third kappa shape index (κ3) is 5.39. The number of rotatable bonds is 4. The van der Waals surface area contributed by atoms with Crippen LogP contribution in [0.25, 0.3) is 22.4 Å². The highest BCUT2D eigenvalue weighted by Crippen LogP contribution is 2.44. The van der Waals surface area contributed by atoms with Crippen molar-refractivity contribution < 1.29 is 19.4 Å². The minimum atomic E-state index is -0.920. The largest absolute Gasteiger partial charge is 0.495 e. The van der Waals surface area contributed by atoms with Gasteiger partial charge in [-0.25, -0.2) is 4.79 Å². The predicted octanol–water partition coefficient (Wildman–Crippen LogP) is 4.32. The average molecular weight is 493 g/mol. The molecule has 192 valence electrons. The first-order chi connectivity index (χ1) is 17.2. The number of hydrogen-bond acceptors (Lipinski definition) is 6. The number of methoxy groups -OCH3 is 1. The molecule has 0 radical (unpaired) electrons. The van der Waals surface area contributed by atoms with Crippen molar-refractivity contribution in [3.05, 3.63) is 54.0 Å². The van der Waals surface area contributed by atoms with Crippen molar-refractivity contribution in [3.8, 4) is 28.1 Å². The Balaban J connectivity index is 0.000000455. The molecule has 8 nitrogen and oxygen atoms in total. The predicted molar refractivity (Wildman–Crippen MR) is 142 cm³/mol. The Labute approximate surface area is 212 Å². The van der Waals surface area contributed by atoms with Gasteiger partial charge in [-0.3, -0.25) is 4.98 Å². The number of aromatic nitrogens is 2. The molecule has 8 heteroatoms. The Morgan fingerprint density at radius 3 is 2.44 bits per heavy atom. The summed E-state index contributed by atoms with van der Waals surface area (Å²) in [5, 5.41) is 12.9. The number of ether oxygens (including phenoxy) is 2. The Kier molecular flexibility index (Phi) is 7.66. The monoisotopic (exact) mass is 492 g/mol. The Hall–Kier alpha value is -3.36. The minimum Gasteiger partial charge on any atom is -0.495 e. The number of nitrogens with zero attached hydrogens (tertiary/aromatic N) is 3. The molecule has 4 heterocycles. The van der Waals surface area contributed by atoms with Gasteiger partial charge in [0.25, 0.3) is 0 Å². The van der Waals surface area contributed by atoms with E-state index in [2.05, 4.69) is 48.1 Å². The highest BCUT2D eigenvalue weighted by molar-refractivity contribution is 5.95. The molecule has 1 fully saturated rings. The van der Waals surface area contributed by atoms with Crippen molar-refractivity contribution in [2.45, 2.75) is 39.3 Å². The van der Waals surface area contributed by atoms with Gasteiger partial charge in [0.15, 0.2) is 0 Å². The van der Waals surface area contributed by atoms with Gasteiger partial charge >= 0.3 is 5.97 Å². The van der Waals surface area contributed by atoms with Crippen LogP contribution in [0.1, 0.15) is 36.8 Å². The molecule has 2 aliphatic heterocycles. The summed E-state index contributed by atoms with van der Waals surface area (Å²) in [4.78, 5) is 18.5. The second-order valence-electron chi connectivity index (χ2n) is 10.0. The third-order valence-electron chi connectivity index (χ3n) is 6.65. The van der Waals surface area contributed by atoms with Crippen LogP contribution < -0.4 is 15.0 Å². The van der Waals surface area contributed by atoms with E-state index in [1.54, 1.807) is 25.6 Å². The number of carboxylic acid groups (broad SMARTS) is 1. The van der Waals surface area contributed by atoms with Gasteiger partial charge in [0.2, 0.25) is 0 Å². The van der Waals surface area contributed by atoms with E-state index in [1.807, 2.05) is 23.7 Å². The lowest BCUT2D eigenvalue weighted by atomic mass is 9.93. The molecule has 0 saturated carbocycles. The number of aromatic carboxylic acids is 1. The van der Waals surface area contributed by atoms with Crippen LogP contribution in [0.5, 0.6) is 5.75 Å². The van der Waals surface area contributed by atoms with Crippen molar-refractivity contribution in [1.29, 1.82) is 0 Å². The number of hydrogen-bond donors (Lipinski definition) is 2. The molecule has 1 saturated heterocycles. The fourth-order valence-electron chi connectivity index (χ4n) is 4.48. The molecule has 2 aromatic heterocycles. The lowest BCUT2D eigenvalue weighted by Crippen LogP contribution is -2.36. The molecule has 36 heavy (non-hydrogen) atoms. The van der Waals surface area contributed by atoms with Crippen LogP contribution in [-0.4, -0.2) is 66.6 Å². The molecule has 0 aliphatic carbocycles. The normalized spacial score (nSPS) is 14.9. The van der Waals surface area contributed by atoms with E-state index >= 15 is 0 Å². The number of benzene rings is 1. The van der Waals surface area contributed by atoms with Gasteiger partial charge in [-0.15, -0.1) is 0 Å². The standard InChI is InChI=1S/C23H23N3O4.C5H13N/c1-29-21-11-15-4-6-26-20(23(27)28)13-18(16-3-2-5-24-14-16)22(26)17(15)12-19(21)25-7-9-30-10-8-25;1-5(2,3)6-4/h2-3,5,11-14H,4,6-10H2,1H3,(H,27,28);6H,1-4H3. The van der Waals surface area contributed by atoms with Gasteiger partial charge in [-0.05, 0) is 64.1 Å². The summed E-state index contributed by atoms with van der Waals surface area (Å²) in [6.07, 6.45) is 4.26. The van der Waals surface area contributed by atoms with E-state index in [0.29, 0.717) is 31.0 Å². The molecular weight excluding hydrogens is 456 g/mol. The maximum atomic E-state index is 12.0. The number of fused-ring (bicyclic) bond motifs is 3. The quantitative estimate of drug-likeness (QED) is 0.561. The van der Waals surface area contributed by atoms with Crippen molar-refractivity contribution in [2.24, 2.45) is 0 Å². The van der Waals surface area contributed by atoms with E-state index in [0.717, 1.165) is 58.9 Å². The van der Waals surface area contributed by atoms with Gasteiger partial charge in [-0.1, -0.05) is 6.07 Å². The number of nitrogens with one attached hydrogen (secondary N) is 1. The molecule has 0 bridgehead atoms. The smallest absolute Gasteiger partial charge is 0.352 e. The van der Waals surface area contributed by atoms with Gasteiger partial charge < -0.3 is 29.4 Å². The maximum Gasteiger partial charge on any atom is 0.352 e. The fraction of sp³-hybridized carbons (Fsp3) is 0.429. The first kappa shape index (κ1) is 25.7. The molecular formula is C28H36N4O4. The topological polar surface area (TPSA) is 88.8 Å². The first-order valence-electron chi connectivity index (χ1n) is 12.3. The molecule has 0 atom stereocenters. The third-order valence-corrected chi connectivity index (χ3v) is 6.65. The van der Waals surface area contributed by atoms with Crippen molar-refractivity contribution >= 4 is 11.7 Å². The zero-order valence-electron chi connectivity index (χ0n) is 21.8. The van der Waals surface area contributed by atoms with Crippen molar-refractivity contribution in [2.75, 3.05) is 45.4 Å².